The summed E-state index contributed by atoms with van der Waals surface area (Å²) in [4.78, 5) is 2.00. The average Bonchev–Trinajstić information content (AvgIpc) is 2.14. The molecule has 0 aliphatic rings. The van der Waals surface area contributed by atoms with Gasteiger partial charge < -0.3 is 10.6 Å². The standard InChI is InChI=1S/C12H16N2/c1-4-5-6-10-7-8-12(14(2)3)11(13)9-10/h4-9H,1,13H2,2-3H3/b6-5+. The normalized spacial score (nSPS) is 10.4. The molecule has 0 atom stereocenters. The first-order chi connectivity index (χ1) is 6.65. The van der Waals surface area contributed by atoms with E-state index in [-0.39, 0.29) is 0 Å². The molecule has 0 aliphatic heterocycles. The summed E-state index contributed by atoms with van der Waals surface area (Å²) in [5, 5.41) is 0. The minimum Gasteiger partial charge on any atom is -0.397 e. The van der Waals surface area contributed by atoms with Gasteiger partial charge in [0.25, 0.3) is 0 Å². The first kappa shape index (κ1) is 10.4. The lowest BCUT2D eigenvalue weighted by atomic mass is 10.1. The van der Waals surface area contributed by atoms with Gasteiger partial charge in [-0.2, -0.15) is 0 Å². The summed E-state index contributed by atoms with van der Waals surface area (Å²) in [6.07, 6.45) is 5.61. The van der Waals surface area contributed by atoms with Crippen molar-refractivity contribution in [3.63, 3.8) is 0 Å². The van der Waals surface area contributed by atoms with Crippen LogP contribution in [0.5, 0.6) is 0 Å². The lowest BCUT2D eigenvalue weighted by Crippen LogP contribution is -2.10. The van der Waals surface area contributed by atoms with E-state index in [4.69, 9.17) is 5.73 Å². The van der Waals surface area contributed by atoms with Crippen molar-refractivity contribution in [3.8, 4) is 0 Å². The van der Waals surface area contributed by atoms with Crippen molar-refractivity contribution in [2.24, 2.45) is 0 Å². The number of nitrogen functional groups attached to an aromatic ring is 1. The van der Waals surface area contributed by atoms with Gasteiger partial charge in [0.15, 0.2) is 0 Å². The Morgan fingerprint density at radius 3 is 2.57 bits per heavy atom. The number of benzene rings is 1. The Bertz CT molecular complexity index is 351. The third kappa shape index (κ3) is 2.39. The van der Waals surface area contributed by atoms with Gasteiger partial charge in [-0.15, -0.1) is 0 Å². The molecule has 0 saturated heterocycles. The molecule has 2 heteroatoms. The first-order valence-electron chi connectivity index (χ1n) is 4.51. The van der Waals surface area contributed by atoms with Crippen LogP contribution < -0.4 is 10.6 Å². The predicted octanol–water partition coefficient (Wildman–Crippen LogP) is 2.53. The summed E-state index contributed by atoms with van der Waals surface area (Å²) in [7, 11) is 3.95. The molecule has 0 aromatic heterocycles. The molecule has 1 aromatic rings. The quantitative estimate of drug-likeness (QED) is 0.583. The van der Waals surface area contributed by atoms with E-state index < -0.39 is 0 Å². The second-order valence-corrected chi connectivity index (χ2v) is 3.31. The smallest absolute Gasteiger partial charge is 0.0595 e. The molecule has 1 rings (SSSR count). The molecule has 0 unspecified atom stereocenters. The molecule has 0 radical (unpaired) electrons. The van der Waals surface area contributed by atoms with Gasteiger partial charge in [-0.1, -0.05) is 30.9 Å². The van der Waals surface area contributed by atoms with Gasteiger partial charge in [0.05, 0.1) is 11.4 Å². The van der Waals surface area contributed by atoms with Crippen molar-refractivity contribution in [1.29, 1.82) is 0 Å². The van der Waals surface area contributed by atoms with Crippen molar-refractivity contribution in [1.82, 2.24) is 0 Å². The monoisotopic (exact) mass is 188 g/mol. The molecule has 2 nitrogen and oxygen atoms in total. The Kier molecular flexibility index (Phi) is 3.35. The maximum Gasteiger partial charge on any atom is 0.0595 e. The number of hydrogen-bond acceptors (Lipinski definition) is 2. The summed E-state index contributed by atoms with van der Waals surface area (Å²) in [6.45, 7) is 3.62. The van der Waals surface area contributed by atoms with E-state index in [1.807, 2.05) is 49.3 Å². The van der Waals surface area contributed by atoms with Gasteiger partial charge in [0.1, 0.15) is 0 Å². The highest BCUT2D eigenvalue weighted by atomic mass is 15.1. The molecule has 74 valence electrons. The van der Waals surface area contributed by atoms with Gasteiger partial charge in [-0.25, -0.2) is 0 Å². The molecule has 0 bridgehead atoms. The largest absolute Gasteiger partial charge is 0.397 e. The maximum absolute atomic E-state index is 5.89. The SMILES string of the molecule is C=C/C=C/c1ccc(N(C)C)c(N)c1. The van der Waals surface area contributed by atoms with Crippen LogP contribution in [0.1, 0.15) is 5.56 Å². The van der Waals surface area contributed by atoms with E-state index in [9.17, 15) is 0 Å². The lowest BCUT2D eigenvalue weighted by molar-refractivity contribution is 1.13. The van der Waals surface area contributed by atoms with E-state index in [0.29, 0.717) is 0 Å². The van der Waals surface area contributed by atoms with Gasteiger partial charge in [0.2, 0.25) is 0 Å². The average molecular weight is 188 g/mol. The number of rotatable bonds is 3. The zero-order valence-electron chi connectivity index (χ0n) is 8.70. The summed E-state index contributed by atoms with van der Waals surface area (Å²) in [5.41, 5.74) is 8.82. The van der Waals surface area contributed by atoms with E-state index in [1.54, 1.807) is 6.08 Å². The van der Waals surface area contributed by atoms with Gasteiger partial charge in [-0.05, 0) is 17.7 Å². The molecule has 14 heavy (non-hydrogen) atoms. The summed E-state index contributed by atoms with van der Waals surface area (Å²) < 4.78 is 0. The van der Waals surface area contributed by atoms with Crippen LogP contribution in [0.15, 0.2) is 36.9 Å². The van der Waals surface area contributed by atoms with Crippen LogP contribution in [0.25, 0.3) is 6.08 Å². The number of hydrogen-bond donors (Lipinski definition) is 1. The number of allylic oxidation sites excluding steroid dienone is 2. The summed E-state index contributed by atoms with van der Waals surface area (Å²) >= 11 is 0. The molecule has 0 saturated carbocycles. The van der Waals surface area contributed by atoms with Crippen LogP contribution in [0, 0.1) is 0 Å². The van der Waals surface area contributed by atoms with Crippen LogP contribution >= 0.6 is 0 Å². The van der Waals surface area contributed by atoms with Crippen molar-refractivity contribution in [2.75, 3.05) is 24.7 Å². The Balaban J connectivity index is 3.00. The molecule has 0 spiro atoms. The topological polar surface area (TPSA) is 29.3 Å². The maximum atomic E-state index is 5.89. The molecule has 1 aromatic carbocycles. The Morgan fingerprint density at radius 1 is 1.36 bits per heavy atom. The summed E-state index contributed by atoms with van der Waals surface area (Å²) in [5.74, 6) is 0. The Labute approximate surface area is 85.3 Å². The first-order valence-corrected chi connectivity index (χ1v) is 4.51. The predicted molar refractivity (Wildman–Crippen MR) is 64.4 cm³/mol. The lowest BCUT2D eigenvalue weighted by Gasteiger charge is -2.15. The van der Waals surface area contributed by atoms with E-state index in [1.165, 1.54) is 0 Å². The minimum absolute atomic E-state index is 0.793. The van der Waals surface area contributed by atoms with Gasteiger partial charge in [0, 0.05) is 14.1 Å². The van der Waals surface area contributed by atoms with Crippen LogP contribution in [0.2, 0.25) is 0 Å². The van der Waals surface area contributed by atoms with Crippen LogP contribution in [0.4, 0.5) is 11.4 Å². The van der Waals surface area contributed by atoms with Gasteiger partial charge in [-0.3, -0.25) is 0 Å². The molecular weight excluding hydrogens is 172 g/mol. The molecule has 0 aliphatic carbocycles. The fourth-order valence-corrected chi connectivity index (χ4v) is 1.26. The Hall–Kier alpha value is -1.70. The Morgan fingerprint density at radius 2 is 2.07 bits per heavy atom. The van der Waals surface area contributed by atoms with Crippen LogP contribution in [-0.2, 0) is 0 Å². The molecule has 0 amide bonds. The van der Waals surface area contributed by atoms with Gasteiger partial charge >= 0.3 is 0 Å². The van der Waals surface area contributed by atoms with E-state index in [2.05, 4.69) is 6.58 Å². The second kappa shape index (κ2) is 4.51. The molecular formula is C12H16N2. The highest BCUT2D eigenvalue weighted by molar-refractivity contribution is 5.71. The van der Waals surface area contributed by atoms with E-state index in [0.717, 1.165) is 16.9 Å². The minimum atomic E-state index is 0.793. The molecule has 0 fully saturated rings. The van der Waals surface area contributed by atoms with Crippen molar-refractivity contribution in [2.45, 2.75) is 0 Å². The van der Waals surface area contributed by atoms with Crippen molar-refractivity contribution >= 4 is 17.5 Å². The zero-order valence-corrected chi connectivity index (χ0v) is 8.70. The number of nitrogens with two attached hydrogens (primary N) is 1. The zero-order chi connectivity index (χ0) is 10.6. The summed E-state index contributed by atoms with van der Waals surface area (Å²) in [6, 6.07) is 6.00. The highest BCUT2D eigenvalue weighted by Gasteiger charge is 2.00. The molecule has 2 N–H and O–H groups in total. The van der Waals surface area contributed by atoms with Crippen molar-refractivity contribution < 1.29 is 0 Å². The fourth-order valence-electron chi connectivity index (χ4n) is 1.26. The third-order valence-corrected chi connectivity index (χ3v) is 1.96. The van der Waals surface area contributed by atoms with Crippen LogP contribution in [0.3, 0.4) is 0 Å². The van der Waals surface area contributed by atoms with E-state index >= 15 is 0 Å². The fraction of sp³-hybridized carbons (Fsp3) is 0.167. The third-order valence-electron chi connectivity index (χ3n) is 1.96. The second-order valence-electron chi connectivity index (χ2n) is 3.31. The molecule has 0 heterocycles. The highest BCUT2D eigenvalue weighted by Crippen LogP contribution is 2.22. The number of anilines is 2. The van der Waals surface area contributed by atoms with Crippen LogP contribution in [-0.4, -0.2) is 14.1 Å². The van der Waals surface area contributed by atoms with Crippen molar-refractivity contribution in [3.05, 3.63) is 42.5 Å². The number of nitrogens with zero attached hydrogens (tertiary/aromatic N) is 1.